The number of non-ortho nitro benzene ring substituents is 1. The van der Waals surface area contributed by atoms with E-state index in [4.69, 9.17) is 0 Å². The summed E-state index contributed by atoms with van der Waals surface area (Å²) in [6.07, 6.45) is 2.55. The highest BCUT2D eigenvalue weighted by atomic mass is 16.6. The summed E-state index contributed by atoms with van der Waals surface area (Å²) in [6, 6.07) is 13.0. The summed E-state index contributed by atoms with van der Waals surface area (Å²) >= 11 is 0. The first kappa shape index (κ1) is 19.1. The number of carbonyl (C=O) groups is 2. The van der Waals surface area contributed by atoms with E-state index in [-0.39, 0.29) is 23.7 Å². The summed E-state index contributed by atoms with van der Waals surface area (Å²) in [5, 5.41) is 13.4. The summed E-state index contributed by atoms with van der Waals surface area (Å²) in [6.45, 7) is 0.863. The Hall–Kier alpha value is -3.66. The lowest BCUT2D eigenvalue weighted by atomic mass is 10.1. The Labute approximate surface area is 162 Å². The van der Waals surface area contributed by atoms with Gasteiger partial charge < -0.3 is 10.2 Å². The fraction of sp³-hybridized carbons (Fsp3) is 0.238. The number of nitro groups is 1. The molecule has 28 heavy (non-hydrogen) atoms. The van der Waals surface area contributed by atoms with E-state index in [0.717, 1.165) is 30.6 Å². The maximum Gasteiger partial charge on any atom is 0.270 e. The lowest BCUT2D eigenvalue weighted by Crippen LogP contribution is -2.35. The summed E-state index contributed by atoms with van der Waals surface area (Å²) < 4.78 is 0. The monoisotopic (exact) mass is 377 g/mol. The van der Waals surface area contributed by atoms with Gasteiger partial charge in [-0.05, 0) is 43.2 Å². The number of piperidine rings is 1. The molecule has 1 aliphatic heterocycles. The minimum Gasteiger partial charge on any atom is -0.341 e. The van der Waals surface area contributed by atoms with Crippen LogP contribution in [0.4, 0.5) is 11.4 Å². The van der Waals surface area contributed by atoms with Gasteiger partial charge in [0.1, 0.15) is 0 Å². The Morgan fingerprint density at radius 3 is 2.68 bits per heavy atom. The van der Waals surface area contributed by atoms with Gasteiger partial charge in [0.05, 0.1) is 11.5 Å². The van der Waals surface area contributed by atoms with Crippen LogP contribution in [-0.2, 0) is 4.79 Å². The Balaban J connectivity index is 1.56. The minimum absolute atomic E-state index is 0.119. The van der Waals surface area contributed by atoms with Crippen molar-refractivity contribution in [3.8, 4) is 11.8 Å². The van der Waals surface area contributed by atoms with Crippen molar-refractivity contribution in [3.63, 3.8) is 0 Å². The number of rotatable bonds is 4. The molecule has 2 amide bonds. The second kappa shape index (κ2) is 8.82. The summed E-state index contributed by atoms with van der Waals surface area (Å²) in [7, 11) is 0. The van der Waals surface area contributed by atoms with Gasteiger partial charge in [-0.3, -0.25) is 19.7 Å². The van der Waals surface area contributed by atoms with Crippen LogP contribution in [0.5, 0.6) is 0 Å². The molecule has 7 nitrogen and oxygen atoms in total. The molecule has 1 saturated heterocycles. The third kappa shape index (κ3) is 4.74. The molecule has 3 rings (SSSR count). The van der Waals surface area contributed by atoms with Gasteiger partial charge in [0, 0.05) is 41.9 Å². The molecule has 1 heterocycles. The van der Waals surface area contributed by atoms with Crippen molar-refractivity contribution in [1.29, 1.82) is 0 Å². The van der Waals surface area contributed by atoms with Gasteiger partial charge in [0.2, 0.25) is 5.91 Å². The molecule has 0 unspecified atom stereocenters. The standard InChI is InChI=1S/C21H19N3O4/c25-20-8-1-2-14-23(20)18-11-9-16(10-12-18)5-4-13-22-21(26)17-6-3-7-19(15-17)24(27)28/h3,6-7,9-12,15H,1-2,8,13-14H2,(H,22,26). The van der Waals surface area contributed by atoms with E-state index in [0.29, 0.717) is 6.42 Å². The molecule has 0 atom stereocenters. The average molecular weight is 377 g/mol. The zero-order valence-corrected chi connectivity index (χ0v) is 15.2. The zero-order chi connectivity index (χ0) is 19.9. The Morgan fingerprint density at radius 1 is 1.18 bits per heavy atom. The van der Waals surface area contributed by atoms with Gasteiger partial charge in [-0.1, -0.05) is 17.9 Å². The molecule has 0 radical (unpaired) electrons. The number of hydrogen-bond donors (Lipinski definition) is 1. The van der Waals surface area contributed by atoms with Crippen LogP contribution in [0.15, 0.2) is 48.5 Å². The van der Waals surface area contributed by atoms with Gasteiger partial charge in [0.15, 0.2) is 0 Å². The van der Waals surface area contributed by atoms with Crippen molar-refractivity contribution in [2.45, 2.75) is 19.3 Å². The maximum atomic E-state index is 12.0. The SMILES string of the molecule is O=C(NCC#Cc1ccc(N2CCCCC2=O)cc1)c1cccc([N+](=O)[O-])c1. The number of amides is 2. The molecule has 1 aliphatic rings. The smallest absolute Gasteiger partial charge is 0.270 e. The number of carbonyl (C=O) groups excluding carboxylic acids is 2. The van der Waals surface area contributed by atoms with Crippen LogP contribution in [0.25, 0.3) is 0 Å². The third-order valence-electron chi connectivity index (χ3n) is 4.39. The predicted molar refractivity (Wildman–Crippen MR) is 105 cm³/mol. The van der Waals surface area contributed by atoms with Crippen molar-refractivity contribution in [1.82, 2.24) is 5.32 Å². The lowest BCUT2D eigenvalue weighted by molar-refractivity contribution is -0.384. The van der Waals surface area contributed by atoms with Gasteiger partial charge >= 0.3 is 0 Å². The van der Waals surface area contributed by atoms with Gasteiger partial charge in [-0.25, -0.2) is 0 Å². The van der Waals surface area contributed by atoms with Crippen LogP contribution in [0.3, 0.4) is 0 Å². The van der Waals surface area contributed by atoms with Crippen molar-refractivity contribution in [3.05, 3.63) is 69.8 Å². The van der Waals surface area contributed by atoms with Crippen molar-refractivity contribution in [2.75, 3.05) is 18.0 Å². The molecule has 2 aromatic carbocycles. The number of hydrogen-bond acceptors (Lipinski definition) is 4. The van der Waals surface area contributed by atoms with Crippen LogP contribution >= 0.6 is 0 Å². The average Bonchev–Trinajstić information content (AvgIpc) is 2.72. The number of anilines is 1. The number of benzene rings is 2. The van der Waals surface area contributed by atoms with E-state index in [2.05, 4.69) is 17.2 Å². The van der Waals surface area contributed by atoms with E-state index >= 15 is 0 Å². The first-order chi connectivity index (χ1) is 13.5. The fourth-order valence-electron chi connectivity index (χ4n) is 2.94. The molecule has 7 heteroatoms. The van der Waals surface area contributed by atoms with Crippen LogP contribution in [0, 0.1) is 22.0 Å². The Bertz CT molecular complexity index is 958. The van der Waals surface area contributed by atoms with Gasteiger partial charge in [-0.2, -0.15) is 0 Å². The first-order valence-electron chi connectivity index (χ1n) is 8.96. The molecule has 1 N–H and O–H groups in total. The Kier molecular flexibility index (Phi) is 6.02. The summed E-state index contributed by atoms with van der Waals surface area (Å²) in [5.74, 6) is 5.52. The van der Waals surface area contributed by atoms with E-state index in [1.807, 2.05) is 24.3 Å². The van der Waals surface area contributed by atoms with E-state index in [1.54, 1.807) is 4.90 Å². The van der Waals surface area contributed by atoms with E-state index < -0.39 is 10.8 Å². The third-order valence-corrected chi connectivity index (χ3v) is 4.39. The second-order valence-corrected chi connectivity index (χ2v) is 6.34. The highest BCUT2D eigenvalue weighted by molar-refractivity contribution is 5.95. The molecule has 0 saturated carbocycles. The van der Waals surface area contributed by atoms with Gasteiger partial charge in [0.25, 0.3) is 11.6 Å². The number of nitrogens with zero attached hydrogens (tertiary/aromatic N) is 2. The first-order valence-corrected chi connectivity index (χ1v) is 8.96. The molecule has 0 aliphatic carbocycles. The van der Waals surface area contributed by atoms with Crippen LogP contribution < -0.4 is 10.2 Å². The van der Waals surface area contributed by atoms with Crippen molar-refractivity contribution >= 4 is 23.2 Å². The lowest BCUT2D eigenvalue weighted by Gasteiger charge is -2.26. The largest absolute Gasteiger partial charge is 0.341 e. The molecule has 2 aromatic rings. The molecule has 142 valence electrons. The second-order valence-electron chi connectivity index (χ2n) is 6.34. The molecule has 1 fully saturated rings. The molecule has 0 spiro atoms. The molecule has 0 aromatic heterocycles. The molecular weight excluding hydrogens is 358 g/mol. The van der Waals surface area contributed by atoms with Gasteiger partial charge in [-0.15, -0.1) is 0 Å². The molecule has 0 bridgehead atoms. The minimum atomic E-state index is -0.544. The highest BCUT2D eigenvalue weighted by Crippen LogP contribution is 2.21. The Morgan fingerprint density at radius 2 is 1.96 bits per heavy atom. The highest BCUT2D eigenvalue weighted by Gasteiger charge is 2.19. The maximum absolute atomic E-state index is 12.0. The predicted octanol–water partition coefficient (Wildman–Crippen LogP) is 2.89. The number of nitrogens with one attached hydrogen (secondary N) is 1. The zero-order valence-electron chi connectivity index (χ0n) is 15.2. The van der Waals surface area contributed by atoms with E-state index in [1.165, 1.54) is 24.3 Å². The van der Waals surface area contributed by atoms with Crippen molar-refractivity contribution in [2.24, 2.45) is 0 Å². The topological polar surface area (TPSA) is 92.6 Å². The quantitative estimate of drug-likeness (QED) is 0.504. The number of nitro benzene ring substituents is 1. The summed E-state index contributed by atoms with van der Waals surface area (Å²) in [4.78, 5) is 36.0. The normalized spacial score (nSPS) is 13.4. The van der Waals surface area contributed by atoms with Crippen LogP contribution in [0.1, 0.15) is 35.2 Å². The van der Waals surface area contributed by atoms with E-state index in [9.17, 15) is 19.7 Å². The fourth-order valence-corrected chi connectivity index (χ4v) is 2.94. The van der Waals surface area contributed by atoms with Crippen LogP contribution in [-0.4, -0.2) is 29.8 Å². The molecular formula is C21H19N3O4. The summed E-state index contributed by atoms with van der Waals surface area (Å²) in [5.41, 5.74) is 1.73. The van der Waals surface area contributed by atoms with Crippen LogP contribution in [0.2, 0.25) is 0 Å². The van der Waals surface area contributed by atoms with Crippen molar-refractivity contribution < 1.29 is 14.5 Å².